The molecule has 15 heavy (non-hydrogen) atoms. The molecule has 0 saturated heterocycles. The molecule has 90 valence electrons. The predicted octanol–water partition coefficient (Wildman–Crippen LogP) is -1.07. The van der Waals surface area contributed by atoms with Crippen molar-refractivity contribution in [1.82, 2.24) is 0 Å². The topological polar surface area (TPSA) is 98.0 Å². The zero-order valence-electron chi connectivity index (χ0n) is 8.80. The highest BCUT2D eigenvalue weighted by atomic mass is 16.3. The first-order valence-electron chi connectivity index (χ1n) is 5.18. The lowest BCUT2D eigenvalue weighted by atomic mass is 9.90. The monoisotopic (exact) mass is 220 g/mol. The minimum absolute atomic E-state index is 0.0652. The number of carbonyl (C=O) groups excluding carboxylic acids is 1. The van der Waals surface area contributed by atoms with Gasteiger partial charge in [0.2, 0.25) is 0 Å². The van der Waals surface area contributed by atoms with E-state index in [1.54, 1.807) is 0 Å². The molecule has 0 aliphatic carbocycles. The van der Waals surface area contributed by atoms with Crippen LogP contribution in [0.2, 0.25) is 0 Å². The molecule has 0 spiro atoms. The Morgan fingerprint density at radius 3 is 1.80 bits per heavy atom. The third-order valence-corrected chi connectivity index (χ3v) is 2.43. The van der Waals surface area contributed by atoms with E-state index in [0.717, 1.165) is 0 Å². The summed E-state index contributed by atoms with van der Waals surface area (Å²) in [5, 5.41) is 35.2. The van der Waals surface area contributed by atoms with Gasteiger partial charge in [0.15, 0.2) is 0 Å². The fourth-order valence-electron chi connectivity index (χ4n) is 1.40. The summed E-state index contributed by atoms with van der Waals surface area (Å²) in [5.74, 6) is -1.64. The Labute approximate surface area is 89.4 Å². The van der Waals surface area contributed by atoms with Gasteiger partial charge in [-0.2, -0.15) is 0 Å². The Morgan fingerprint density at radius 1 is 0.867 bits per heavy atom. The molecule has 4 N–H and O–H groups in total. The van der Waals surface area contributed by atoms with Gasteiger partial charge in [-0.05, 0) is 12.8 Å². The minimum Gasteiger partial charge on any atom is -0.396 e. The highest BCUT2D eigenvalue weighted by Crippen LogP contribution is 2.14. The van der Waals surface area contributed by atoms with E-state index in [9.17, 15) is 4.79 Å². The Bertz CT molecular complexity index is 167. The number of rotatable bonds is 9. The lowest BCUT2D eigenvalue weighted by Crippen LogP contribution is -2.31. The molecule has 5 nitrogen and oxygen atoms in total. The Morgan fingerprint density at radius 2 is 1.40 bits per heavy atom. The number of hydrogen-bond acceptors (Lipinski definition) is 5. The Hall–Kier alpha value is -0.490. The summed E-state index contributed by atoms with van der Waals surface area (Å²) in [6.07, 6.45) is 1.72. The summed E-state index contributed by atoms with van der Waals surface area (Å²) in [5.41, 5.74) is 0. The molecule has 0 heterocycles. The maximum Gasteiger partial charge on any atom is 0.145 e. The van der Waals surface area contributed by atoms with Crippen LogP contribution >= 0.6 is 0 Å². The molecule has 0 amide bonds. The molecule has 1 unspecified atom stereocenters. The quantitative estimate of drug-likeness (QED) is 0.371. The Kier molecular flexibility index (Phi) is 8.50. The normalized spacial score (nSPS) is 13.1. The number of Topliss-reactive ketones (excluding diaryl/α,β-unsaturated/α-hetero) is 1. The summed E-state index contributed by atoms with van der Waals surface area (Å²) < 4.78 is 0. The molecular formula is C10H20O5. The molecule has 0 radical (unpaired) electrons. The van der Waals surface area contributed by atoms with E-state index in [4.69, 9.17) is 20.4 Å². The van der Waals surface area contributed by atoms with Crippen LogP contribution in [-0.2, 0) is 4.79 Å². The molecule has 0 aromatic heterocycles. The van der Waals surface area contributed by atoms with Crippen molar-refractivity contribution in [2.45, 2.75) is 19.3 Å². The van der Waals surface area contributed by atoms with Crippen LogP contribution in [-0.4, -0.2) is 52.6 Å². The molecule has 5 heteroatoms. The van der Waals surface area contributed by atoms with Crippen LogP contribution in [0.3, 0.4) is 0 Å². The van der Waals surface area contributed by atoms with Gasteiger partial charge in [-0.3, -0.25) is 4.79 Å². The maximum absolute atomic E-state index is 11.6. The van der Waals surface area contributed by atoms with E-state index in [1.807, 2.05) is 0 Å². The van der Waals surface area contributed by atoms with E-state index < -0.39 is 25.0 Å². The van der Waals surface area contributed by atoms with Crippen LogP contribution in [0.5, 0.6) is 0 Å². The van der Waals surface area contributed by atoms with Crippen LogP contribution in [0, 0.1) is 11.8 Å². The first-order chi connectivity index (χ1) is 7.21. The summed E-state index contributed by atoms with van der Waals surface area (Å²) in [6.45, 7) is -1.01. The van der Waals surface area contributed by atoms with Crippen LogP contribution in [0.4, 0.5) is 0 Å². The van der Waals surface area contributed by atoms with Crippen molar-refractivity contribution >= 4 is 5.78 Å². The van der Waals surface area contributed by atoms with Crippen molar-refractivity contribution in [3.63, 3.8) is 0 Å². The smallest absolute Gasteiger partial charge is 0.145 e. The summed E-state index contributed by atoms with van der Waals surface area (Å²) >= 11 is 0. The first-order valence-corrected chi connectivity index (χ1v) is 5.18. The van der Waals surface area contributed by atoms with Crippen LogP contribution < -0.4 is 0 Å². The number of ketones is 1. The first kappa shape index (κ1) is 14.5. The van der Waals surface area contributed by atoms with Crippen molar-refractivity contribution in [2.75, 3.05) is 26.4 Å². The molecule has 0 rings (SSSR count). The average molecular weight is 220 g/mol. The van der Waals surface area contributed by atoms with Gasteiger partial charge in [0.25, 0.3) is 0 Å². The molecule has 0 fully saturated rings. The minimum atomic E-state index is -0.795. The van der Waals surface area contributed by atoms with Gasteiger partial charge in [-0.1, -0.05) is 6.42 Å². The molecule has 0 aromatic carbocycles. The second-order valence-electron chi connectivity index (χ2n) is 3.56. The van der Waals surface area contributed by atoms with Gasteiger partial charge < -0.3 is 20.4 Å². The summed E-state index contributed by atoms with van der Waals surface area (Å²) in [6, 6.07) is 0. The number of aliphatic hydroxyl groups is 4. The molecule has 0 aliphatic heterocycles. The fourth-order valence-corrected chi connectivity index (χ4v) is 1.40. The largest absolute Gasteiger partial charge is 0.396 e. The third kappa shape index (κ3) is 5.22. The zero-order chi connectivity index (χ0) is 11.7. The summed E-state index contributed by atoms with van der Waals surface area (Å²) in [4.78, 5) is 11.6. The number of aliphatic hydroxyl groups excluding tert-OH is 4. The lowest BCUT2D eigenvalue weighted by molar-refractivity contribution is -0.130. The molecule has 0 aromatic rings. The molecule has 1 atom stereocenters. The number of carbonyl (C=O) groups is 1. The van der Waals surface area contributed by atoms with Crippen LogP contribution in [0.25, 0.3) is 0 Å². The number of hydrogen-bond donors (Lipinski definition) is 4. The van der Waals surface area contributed by atoms with Crippen LogP contribution in [0.1, 0.15) is 19.3 Å². The standard InChI is InChI=1S/C10H20O5/c11-4-2-1-3-8(5-12)10(15)9(6-13)7-14/h8-9,11-14H,1-7H2. The number of unbranched alkanes of at least 4 members (excludes halogenated alkanes) is 1. The molecular weight excluding hydrogens is 200 g/mol. The third-order valence-electron chi connectivity index (χ3n) is 2.43. The molecule has 0 aliphatic rings. The SMILES string of the molecule is O=C(C(CO)CO)C(CO)CCCCO. The van der Waals surface area contributed by atoms with E-state index in [2.05, 4.69) is 0 Å². The Balaban J connectivity index is 4.08. The second kappa shape index (κ2) is 8.79. The van der Waals surface area contributed by atoms with Crippen molar-refractivity contribution in [2.24, 2.45) is 11.8 Å². The van der Waals surface area contributed by atoms with E-state index in [0.29, 0.717) is 19.3 Å². The van der Waals surface area contributed by atoms with Gasteiger partial charge in [-0.15, -0.1) is 0 Å². The second-order valence-corrected chi connectivity index (χ2v) is 3.56. The van der Waals surface area contributed by atoms with Crippen molar-refractivity contribution < 1.29 is 25.2 Å². The predicted molar refractivity (Wildman–Crippen MR) is 54.2 cm³/mol. The van der Waals surface area contributed by atoms with Gasteiger partial charge in [-0.25, -0.2) is 0 Å². The van der Waals surface area contributed by atoms with E-state index in [-0.39, 0.29) is 19.0 Å². The van der Waals surface area contributed by atoms with Crippen LogP contribution in [0.15, 0.2) is 0 Å². The van der Waals surface area contributed by atoms with E-state index in [1.165, 1.54) is 0 Å². The van der Waals surface area contributed by atoms with Gasteiger partial charge >= 0.3 is 0 Å². The van der Waals surface area contributed by atoms with Gasteiger partial charge in [0.05, 0.1) is 25.7 Å². The lowest BCUT2D eigenvalue weighted by Gasteiger charge is -2.17. The maximum atomic E-state index is 11.6. The van der Waals surface area contributed by atoms with Crippen molar-refractivity contribution in [1.29, 1.82) is 0 Å². The molecule has 0 saturated carbocycles. The van der Waals surface area contributed by atoms with Crippen molar-refractivity contribution in [3.8, 4) is 0 Å². The fraction of sp³-hybridized carbons (Fsp3) is 0.900. The highest BCUT2D eigenvalue weighted by Gasteiger charge is 2.24. The summed E-state index contributed by atoms with van der Waals surface area (Å²) in [7, 11) is 0. The van der Waals surface area contributed by atoms with E-state index >= 15 is 0 Å². The van der Waals surface area contributed by atoms with Gasteiger partial charge in [0, 0.05) is 12.5 Å². The average Bonchev–Trinajstić information content (AvgIpc) is 2.26. The van der Waals surface area contributed by atoms with Gasteiger partial charge in [0.1, 0.15) is 5.78 Å². The zero-order valence-corrected chi connectivity index (χ0v) is 8.80. The van der Waals surface area contributed by atoms with Crippen molar-refractivity contribution in [3.05, 3.63) is 0 Å². The highest BCUT2D eigenvalue weighted by molar-refractivity contribution is 5.83. The molecule has 0 bridgehead atoms.